The first-order valence-electron chi connectivity index (χ1n) is 13.1. The van der Waals surface area contributed by atoms with Crippen LogP contribution in [-0.4, -0.2) is 50.4 Å². The lowest BCUT2D eigenvalue weighted by atomic mass is 10.1. The van der Waals surface area contributed by atoms with Gasteiger partial charge in [-0.15, -0.1) is 0 Å². The fraction of sp³-hybridized carbons (Fsp3) is 0.333. The second-order valence-corrected chi connectivity index (χ2v) is 11.6. The molecule has 0 spiro atoms. The number of ether oxygens (including phenoxy) is 1. The van der Waals surface area contributed by atoms with Gasteiger partial charge in [-0.05, 0) is 88.7 Å². The van der Waals surface area contributed by atoms with Crippen LogP contribution in [0.2, 0.25) is 0 Å². The molecule has 0 fully saturated rings. The molecule has 0 aliphatic rings. The van der Waals surface area contributed by atoms with Crippen molar-refractivity contribution in [3.8, 4) is 5.75 Å². The van der Waals surface area contributed by atoms with Gasteiger partial charge in [0.25, 0.3) is 10.0 Å². The van der Waals surface area contributed by atoms with Gasteiger partial charge >= 0.3 is 0 Å². The Hall–Kier alpha value is -3.92. The number of nitrogens with zero attached hydrogens (tertiary/aromatic N) is 2. The SMILES string of the molecule is CCOc1ccc(S(=O)(=O)N(CC(=O)N(Cc2ccc(C)cc2)[C@@H](C)C(=O)NC(C)C)c2ccc(F)cc2)cc1. The van der Waals surface area contributed by atoms with Crippen molar-refractivity contribution in [2.24, 2.45) is 0 Å². The molecule has 2 amide bonds. The van der Waals surface area contributed by atoms with Gasteiger partial charge < -0.3 is 15.0 Å². The third kappa shape index (κ3) is 7.81. The van der Waals surface area contributed by atoms with Gasteiger partial charge in [-0.25, -0.2) is 12.8 Å². The van der Waals surface area contributed by atoms with Crippen LogP contribution < -0.4 is 14.4 Å². The molecule has 40 heavy (non-hydrogen) atoms. The fourth-order valence-electron chi connectivity index (χ4n) is 4.02. The maximum atomic E-state index is 13.9. The van der Waals surface area contributed by atoms with E-state index in [4.69, 9.17) is 4.74 Å². The highest BCUT2D eigenvalue weighted by Gasteiger charge is 2.32. The molecule has 3 aromatic rings. The van der Waals surface area contributed by atoms with Gasteiger partial charge in [-0.3, -0.25) is 13.9 Å². The van der Waals surface area contributed by atoms with Crippen molar-refractivity contribution in [2.75, 3.05) is 17.5 Å². The van der Waals surface area contributed by atoms with Crippen LogP contribution in [0.25, 0.3) is 0 Å². The minimum atomic E-state index is -4.26. The van der Waals surface area contributed by atoms with Crippen LogP contribution in [0.5, 0.6) is 5.75 Å². The number of carbonyl (C=O) groups excluding carboxylic acids is 2. The van der Waals surface area contributed by atoms with Crippen LogP contribution in [0.15, 0.2) is 77.7 Å². The van der Waals surface area contributed by atoms with E-state index in [2.05, 4.69) is 5.32 Å². The predicted octanol–water partition coefficient (Wildman–Crippen LogP) is 4.67. The molecule has 3 rings (SSSR count). The van der Waals surface area contributed by atoms with Crippen LogP contribution in [0.1, 0.15) is 38.8 Å². The van der Waals surface area contributed by atoms with E-state index < -0.39 is 34.3 Å². The smallest absolute Gasteiger partial charge is 0.264 e. The van der Waals surface area contributed by atoms with Gasteiger partial charge in [0.05, 0.1) is 17.2 Å². The highest BCUT2D eigenvalue weighted by Crippen LogP contribution is 2.26. The molecule has 8 nitrogen and oxygen atoms in total. The highest BCUT2D eigenvalue weighted by atomic mass is 32.2. The van der Waals surface area contributed by atoms with Crippen molar-refractivity contribution in [2.45, 2.75) is 58.1 Å². The number of benzene rings is 3. The van der Waals surface area contributed by atoms with Crippen molar-refractivity contribution in [3.63, 3.8) is 0 Å². The summed E-state index contributed by atoms with van der Waals surface area (Å²) in [5, 5.41) is 2.82. The summed E-state index contributed by atoms with van der Waals surface area (Å²) in [5.41, 5.74) is 1.93. The average molecular weight is 570 g/mol. The standard InChI is InChI=1S/C30H36FN3O5S/c1-6-39-27-15-17-28(18-16-27)40(37,38)34(26-13-11-25(31)12-14-26)20-29(35)33(23(5)30(36)32-21(2)3)19-24-9-7-22(4)8-10-24/h7-18,21,23H,6,19-20H2,1-5H3,(H,32,36)/t23-/m0/s1. The first-order valence-corrected chi connectivity index (χ1v) is 14.5. The van der Waals surface area contributed by atoms with E-state index in [9.17, 15) is 22.4 Å². The van der Waals surface area contributed by atoms with E-state index >= 15 is 0 Å². The number of hydrogen-bond donors (Lipinski definition) is 1. The number of amides is 2. The maximum Gasteiger partial charge on any atom is 0.264 e. The summed E-state index contributed by atoms with van der Waals surface area (Å²) in [4.78, 5) is 28.1. The quantitative estimate of drug-likeness (QED) is 0.342. The molecule has 0 aliphatic heterocycles. The van der Waals surface area contributed by atoms with Crippen molar-refractivity contribution in [3.05, 3.63) is 89.7 Å². The monoisotopic (exact) mass is 569 g/mol. The number of nitrogens with one attached hydrogen (secondary N) is 1. The Kier molecular flexibility index (Phi) is 10.3. The molecule has 0 radical (unpaired) electrons. The molecule has 214 valence electrons. The number of carbonyl (C=O) groups is 2. The Bertz CT molecular complexity index is 1390. The van der Waals surface area contributed by atoms with Gasteiger partial charge in [0, 0.05) is 12.6 Å². The van der Waals surface area contributed by atoms with E-state index in [1.165, 1.54) is 41.3 Å². The molecule has 10 heteroatoms. The third-order valence-electron chi connectivity index (χ3n) is 6.19. The number of halogens is 1. The van der Waals surface area contributed by atoms with E-state index in [1.54, 1.807) is 6.92 Å². The molecule has 1 N–H and O–H groups in total. The van der Waals surface area contributed by atoms with Crippen molar-refractivity contribution in [1.82, 2.24) is 10.2 Å². The zero-order valence-electron chi connectivity index (χ0n) is 23.4. The highest BCUT2D eigenvalue weighted by molar-refractivity contribution is 7.92. The van der Waals surface area contributed by atoms with Crippen LogP contribution in [0, 0.1) is 12.7 Å². The Morgan fingerprint density at radius 3 is 2.08 bits per heavy atom. The van der Waals surface area contributed by atoms with E-state index in [0.717, 1.165) is 27.6 Å². The second-order valence-electron chi connectivity index (χ2n) is 9.74. The van der Waals surface area contributed by atoms with Crippen LogP contribution in [0.3, 0.4) is 0 Å². The number of aryl methyl sites for hydroxylation is 1. The number of rotatable bonds is 12. The normalized spacial score (nSPS) is 12.1. The molecule has 1 atom stereocenters. The summed E-state index contributed by atoms with van der Waals surface area (Å²) in [6.45, 7) is 8.90. The lowest BCUT2D eigenvalue weighted by molar-refractivity contribution is -0.139. The third-order valence-corrected chi connectivity index (χ3v) is 7.98. The van der Waals surface area contributed by atoms with E-state index in [-0.39, 0.29) is 29.1 Å². The summed E-state index contributed by atoms with van der Waals surface area (Å²) in [5.74, 6) is -1.00. The van der Waals surface area contributed by atoms with E-state index in [0.29, 0.717) is 12.4 Å². The Morgan fingerprint density at radius 2 is 1.52 bits per heavy atom. The molecule has 0 saturated carbocycles. The largest absolute Gasteiger partial charge is 0.494 e. The van der Waals surface area contributed by atoms with Gasteiger partial charge in [-0.1, -0.05) is 29.8 Å². The fourth-order valence-corrected chi connectivity index (χ4v) is 5.43. The van der Waals surface area contributed by atoms with Gasteiger partial charge in [-0.2, -0.15) is 0 Å². The average Bonchev–Trinajstić information content (AvgIpc) is 2.91. The van der Waals surface area contributed by atoms with Gasteiger partial charge in [0.2, 0.25) is 11.8 Å². The van der Waals surface area contributed by atoms with Crippen LogP contribution >= 0.6 is 0 Å². The zero-order valence-corrected chi connectivity index (χ0v) is 24.2. The van der Waals surface area contributed by atoms with Gasteiger partial charge in [0.1, 0.15) is 24.2 Å². The van der Waals surface area contributed by atoms with Gasteiger partial charge in [0.15, 0.2) is 0 Å². The zero-order chi connectivity index (χ0) is 29.4. The predicted molar refractivity (Wildman–Crippen MR) is 153 cm³/mol. The Balaban J connectivity index is 2.01. The summed E-state index contributed by atoms with van der Waals surface area (Å²) < 4.78 is 47.8. The Morgan fingerprint density at radius 1 is 0.925 bits per heavy atom. The van der Waals surface area contributed by atoms with Crippen LogP contribution in [-0.2, 0) is 26.2 Å². The van der Waals surface area contributed by atoms with Crippen molar-refractivity contribution >= 4 is 27.5 Å². The Labute approximate surface area is 235 Å². The summed E-state index contributed by atoms with van der Waals surface area (Å²) >= 11 is 0. The lowest BCUT2D eigenvalue weighted by Crippen LogP contribution is -2.52. The topological polar surface area (TPSA) is 96.0 Å². The molecule has 0 aliphatic carbocycles. The van der Waals surface area contributed by atoms with Crippen LogP contribution in [0.4, 0.5) is 10.1 Å². The first kappa shape index (κ1) is 30.6. The molecular weight excluding hydrogens is 533 g/mol. The molecule has 0 bridgehead atoms. The number of anilines is 1. The van der Waals surface area contributed by atoms with Crippen molar-refractivity contribution in [1.29, 1.82) is 0 Å². The lowest BCUT2D eigenvalue weighted by Gasteiger charge is -2.32. The molecule has 0 saturated heterocycles. The number of sulfonamides is 1. The number of hydrogen-bond acceptors (Lipinski definition) is 5. The molecule has 0 unspecified atom stereocenters. The minimum Gasteiger partial charge on any atom is -0.494 e. The molecular formula is C30H36FN3O5S. The summed E-state index contributed by atoms with van der Waals surface area (Å²) in [7, 11) is -4.26. The van der Waals surface area contributed by atoms with E-state index in [1.807, 2.05) is 52.0 Å². The molecule has 0 aromatic heterocycles. The summed E-state index contributed by atoms with van der Waals surface area (Å²) in [6.07, 6.45) is 0. The van der Waals surface area contributed by atoms with Crippen molar-refractivity contribution < 1.29 is 27.1 Å². The first-order chi connectivity index (χ1) is 18.9. The summed E-state index contributed by atoms with van der Waals surface area (Å²) in [6, 6.07) is 17.2. The maximum absolute atomic E-state index is 13.9. The minimum absolute atomic E-state index is 0.0660. The molecule has 3 aromatic carbocycles. The molecule has 0 heterocycles. The second kappa shape index (κ2) is 13.4.